The Hall–Kier alpha value is -1.81. The number of ketones is 1. The first-order chi connectivity index (χ1) is 21.5. The lowest BCUT2D eigenvalue weighted by molar-refractivity contribution is -0.121. The minimum absolute atomic E-state index is 0.210. The van der Waals surface area contributed by atoms with Gasteiger partial charge in [-0.05, 0) is 48.7 Å². The van der Waals surface area contributed by atoms with Crippen molar-refractivity contribution in [3.8, 4) is 16.9 Å². The number of hydrogen-bond donors (Lipinski definition) is 0. The molecular weight excluding hydrogens is 607 g/mol. The normalized spacial score (nSPS) is 14.6. The van der Waals surface area contributed by atoms with E-state index in [1.54, 1.807) is 6.07 Å². The van der Waals surface area contributed by atoms with Crippen LogP contribution in [0.4, 0.5) is 0 Å². The monoisotopic (exact) mass is 656 g/mol. The Labute approximate surface area is 281 Å². The first-order valence-electron chi connectivity index (χ1n) is 17.3. The smallest absolute Gasteiger partial charge is 0.142 e. The van der Waals surface area contributed by atoms with Crippen molar-refractivity contribution in [2.75, 3.05) is 0 Å². The highest BCUT2D eigenvalue weighted by molar-refractivity contribution is 6.35. The van der Waals surface area contributed by atoms with Gasteiger partial charge in [-0.25, -0.2) is 4.68 Å². The van der Waals surface area contributed by atoms with Gasteiger partial charge in [-0.3, -0.25) is 4.79 Å². The lowest BCUT2D eigenvalue weighted by atomic mass is 9.81. The number of nitrogens with zero attached hydrogens (tertiary/aromatic N) is 2. The number of Topliss-reactive ketones (excluding diaryl/α,β-unsaturated/α-hetero) is 1. The zero-order valence-electron chi connectivity index (χ0n) is 26.6. The highest BCUT2D eigenvalue weighted by atomic mass is 35.5. The minimum Gasteiger partial charge on any atom is -0.299 e. The molecule has 1 heterocycles. The number of benzene rings is 2. The molecule has 0 saturated heterocycles. The van der Waals surface area contributed by atoms with Crippen molar-refractivity contribution in [2.45, 2.75) is 135 Å². The van der Waals surface area contributed by atoms with Gasteiger partial charge in [0.05, 0.1) is 28.0 Å². The number of carbonyl (C=O) groups excluding carboxylic acids is 1. The van der Waals surface area contributed by atoms with E-state index in [1.807, 2.05) is 41.1 Å². The van der Waals surface area contributed by atoms with Crippen molar-refractivity contribution in [1.82, 2.24) is 9.78 Å². The van der Waals surface area contributed by atoms with Gasteiger partial charge in [-0.2, -0.15) is 5.10 Å². The van der Waals surface area contributed by atoms with Crippen LogP contribution in [0.5, 0.6) is 0 Å². The van der Waals surface area contributed by atoms with Gasteiger partial charge in [-0.15, -0.1) is 0 Å². The number of rotatable bonds is 19. The van der Waals surface area contributed by atoms with Gasteiger partial charge in [0, 0.05) is 22.0 Å². The predicted molar refractivity (Wildman–Crippen MR) is 189 cm³/mol. The van der Waals surface area contributed by atoms with Gasteiger partial charge in [0.15, 0.2) is 0 Å². The topological polar surface area (TPSA) is 34.9 Å². The van der Waals surface area contributed by atoms with E-state index in [1.165, 1.54) is 96.3 Å². The third-order valence-corrected chi connectivity index (χ3v) is 10.1. The van der Waals surface area contributed by atoms with E-state index in [-0.39, 0.29) is 5.92 Å². The van der Waals surface area contributed by atoms with Crippen molar-refractivity contribution in [1.29, 1.82) is 0 Å². The Kier molecular flexibility index (Phi) is 15.1. The second-order valence-corrected chi connectivity index (χ2v) is 14.2. The van der Waals surface area contributed by atoms with Gasteiger partial charge in [-0.1, -0.05) is 163 Å². The number of unbranched alkanes of at least 4 members (excludes halogenated alkanes) is 11. The zero-order chi connectivity index (χ0) is 31.1. The van der Waals surface area contributed by atoms with Crippen LogP contribution in [0.2, 0.25) is 15.1 Å². The van der Waals surface area contributed by atoms with Crippen LogP contribution in [0, 0.1) is 5.92 Å². The summed E-state index contributed by atoms with van der Waals surface area (Å²) in [6, 6.07) is 15.3. The molecule has 0 amide bonds. The van der Waals surface area contributed by atoms with E-state index < -0.39 is 0 Å². The fraction of sp³-hybridized carbons (Fsp3) is 0.579. The second kappa shape index (κ2) is 19.0. The summed E-state index contributed by atoms with van der Waals surface area (Å²) in [5.74, 6) is 0.636. The Bertz CT molecular complexity index is 1280. The molecule has 1 aliphatic carbocycles. The van der Waals surface area contributed by atoms with Gasteiger partial charge in [0.1, 0.15) is 5.78 Å². The standard InChI is InChI=1S/C38H51Cl3N2O/c1-2-3-4-5-6-7-8-9-10-11-12-16-19-33(38(44)26-29-17-14-13-15-18-29)35-28-37(30-20-22-31(39)23-21-30)43(42-35)36-25-24-32(40)27-34(36)41/h20-25,27-29,33H,2-19,26H2,1H3. The van der Waals surface area contributed by atoms with Crippen LogP contribution < -0.4 is 0 Å². The molecule has 1 unspecified atom stereocenters. The molecule has 240 valence electrons. The van der Waals surface area contributed by atoms with Crippen LogP contribution in [0.25, 0.3) is 16.9 Å². The van der Waals surface area contributed by atoms with Crippen molar-refractivity contribution in [3.63, 3.8) is 0 Å². The van der Waals surface area contributed by atoms with Crippen molar-refractivity contribution in [3.05, 3.63) is 69.3 Å². The van der Waals surface area contributed by atoms with Gasteiger partial charge in [0.25, 0.3) is 0 Å². The van der Waals surface area contributed by atoms with Crippen LogP contribution in [-0.2, 0) is 4.79 Å². The van der Waals surface area contributed by atoms with Gasteiger partial charge < -0.3 is 0 Å². The molecule has 0 spiro atoms. The highest BCUT2D eigenvalue weighted by Crippen LogP contribution is 2.36. The maximum Gasteiger partial charge on any atom is 0.142 e. The molecule has 1 aromatic heterocycles. The first-order valence-corrected chi connectivity index (χ1v) is 18.4. The Morgan fingerprint density at radius 3 is 1.98 bits per heavy atom. The molecule has 0 aliphatic heterocycles. The van der Waals surface area contributed by atoms with Crippen LogP contribution >= 0.6 is 34.8 Å². The van der Waals surface area contributed by atoms with Crippen LogP contribution in [-0.4, -0.2) is 15.6 Å². The summed E-state index contributed by atoms with van der Waals surface area (Å²) in [6.45, 7) is 2.28. The van der Waals surface area contributed by atoms with E-state index in [9.17, 15) is 4.79 Å². The highest BCUT2D eigenvalue weighted by Gasteiger charge is 2.28. The summed E-state index contributed by atoms with van der Waals surface area (Å²) in [7, 11) is 0. The van der Waals surface area contributed by atoms with Crippen LogP contribution in [0.3, 0.4) is 0 Å². The largest absolute Gasteiger partial charge is 0.299 e. The fourth-order valence-corrected chi connectivity index (χ4v) is 7.33. The van der Waals surface area contributed by atoms with Crippen LogP contribution in [0.15, 0.2) is 48.5 Å². The minimum atomic E-state index is -0.210. The average Bonchev–Trinajstić information content (AvgIpc) is 3.45. The number of carbonyl (C=O) groups is 1. The fourth-order valence-electron chi connectivity index (χ4n) is 6.71. The molecule has 3 aromatic rings. The van der Waals surface area contributed by atoms with E-state index in [0.717, 1.165) is 41.9 Å². The SMILES string of the molecule is CCCCCCCCCCCCCCC(C(=O)CC1CCCCC1)c1cc(-c2ccc(Cl)cc2)n(-c2ccc(Cl)cc2Cl)n1. The predicted octanol–water partition coefficient (Wildman–Crippen LogP) is 13.2. The van der Waals surface area contributed by atoms with Gasteiger partial charge in [0.2, 0.25) is 0 Å². The second-order valence-electron chi connectivity index (χ2n) is 12.9. The van der Waals surface area contributed by atoms with Crippen molar-refractivity contribution < 1.29 is 4.79 Å². The summed E-state index contributed by atoms with van der Waals surface area (Å²) in [5.41, 5.74) is 3.45. The molecule has 2 aromatic carbocycles. The molecule has 0 bridgehead atoms. The molecule has 1 atom stereocenters. The molecule has 1 saturated carbocycles. The maximum atomic E-state index is 14.0. The average molecular weight is 658 g/mol. The molecule has 1 fully saturated rings. The molecule has 1 aliphatic rings. The summed E-state index contributed by atoms with van der Waals surface area (Å²) in [5, 5.41) is 6.87. The summed E-state index contributed by atoms with van der Waals surface area (Å²) >= 11 is 19.2. The van der Waals surface area contributed by atoms with Crippen molar-refractivity contribution >= 4 is 40.6 Å². The molecule has 44 heavy (non-hydrogen) atoms. The van der Waals surface area contributed by atoms with E-state index in [2.05, 4.69) is 13.0 Å². The molecule has 4 rings (SSSR count). The quantitative estimate of drug-likeness (QED) is 0.120. The maximum absolute atomic E-state index is 14.0. The van der Waals surface area contributed by atoms with E-state index in [4.69, 9.17) is 39.9 Å². The lowest BCUT2D eigenvalue weighted by Gasteiger charge is -2.23. The summed E-state index contributed by atoms with van der Waals surface area (Å²) < 4.78 is 1.88. The molecule has 0 radical (unpaired) electrons. The third kappa shape index (κ3) is 10.9. The third-order valence-electron chi connectivity index (χ3n) is 9.31. The summed E-state index contributed by atoms with van der Waals surface area (Å²) in [6.07, 6.45) is 23.3. The zero-order valence-corrected chi connectivity index (χ0v) is 28.9. The number of halogens is 3. The molecule has 6 heteroatoms. The Morgan fingerprint density at radius 2 is 1.36 bits per heavy atom. The van der Waals surface area contributed by atoms with Crippen molar-refractivity contribution in [2.24, 2.45) is 5.92 Å². The molecular formula is C38H51Cl3N2O. The Balaban J connectivity index is 1.46. The van der Waals surface area contributed by atoms with Crippen LogP contribution in [0.1, 0.15) is 141 Å². The number of hydrogen-bond acceptors (Lipinski definition) is 2. The van der Waals surface area contributed by atoms with E-state index in [0.29, 0.717) is 33.2 Å². The lowest BCUT2D eigenvalue weighted by Crippen LogP contribution is -2.19. The molecule has 3 nitrogen and oxygen atoms in total. The first kappa shape index (κ1) is 35.1. The summed E-state index contributed by atoms with van der Waals surface area (Å²) in [4.78, 5) is 14.0. The Morgan fingerprint density at radius 1 is 0.773 bits per heavy atom. The van der Waals surface area contributed by atoms with Gasteiger partial charge >= 0.3 is 0 Å². The number of aromatic nitrogens is 2. The molecule has 0 N–H and O–H groups in total. The van der Waals surface area contributed by atoms with E-state index >= 15 is 0 Å².